The lowest BCUT2D eigenvalue weighted by Crippen LogP contribution is -2.40. The maximum atomic E-state index is 4.43. The summed E-state index contributed by atoms with van der Waals surface area (Å²) in [6.45, 7) is 3.30. The first kappa shape index (κ1) is 12.5. The zero-order chi connectivity index (χ0) is 13.1. The molecule has 3 rings (SSSR count). The zero-order valence-electron chi connectivity index (χ0n) is 11.7. The Kier molecular flexibility index (Phi) is 3.72. The molecule has 1 N–H and O–H groups in total. The fourth-order valence-electron chi connectivity index (χ4n) is 2.84. The molecule has 1 aromatic carbocycles. The molecule has 1 aliphatic carbocycles. The topological polar surface area (TPSA) is 27.6 Å². The molecule has 1 heterocycles. The van der Waals surface area contributed by atoms with E-state index in [4.69, 9.17) is 0 Å². The number of hydrogen-bond donors (Lipinski definition) is 1. The highest BCUT2D eigenvalue weighted by Gasteiger charge is 2.27. The highest BCUT2D eigenvalue weighted by atomic mass is 15.3. The predicted octanol–water partition coefficient (Wildman–Crippen LogP) is 2.46. The van der Waals surface area contributed by atoms with Crippen molar-refractivity contribution in [2.45, 2.75) is 25.2 Å². The van der Waals surface area contributed by atoms with Crippen LogP contribution in [0, 0.1) is 5.92 Å². The summed E-state index contributed by atoms with van der Waals surface area (Å²) in [7, 11) is 1.89. The van der Waals surface area contributed by atoms with Crippen molar-refractivity contribution in [2.24, 2.45) is 10.9 Å². The van der Waals surface area contributed by atoms with E-state index < -0.39 is 0 Å². The van der Waals surface area contributed by atoms with Crippen molar-refractivity contribution in [3.8, 4) is 0 Å². The summed E-state index contributed by atoms with van der Waals surface area (Å²) in [4.78, 5) is 6.83. The van der Waals surface area contributed by atoms with Crippen molar-refractivity contribution in [1.29, 1.82) is 0 Å². The minimum absolute atomic E-state index is 0.653. The quantitative estimate of drug-likeness (QED) is 0.665. The van der Waals surface area contributed by atoms with Crippen molar-refractivity contribution >= 4 is 5.96 Å². The molecule has 2 aliphatic rings. The Morgan fingerprint density at radius 2 is 2.05 bits per heavy atom. The molecular weight excluding hydrogens is 234 g/mol. The number of guanidine groups is 1. The Bertz CT molecular complexity index is 437. The van der Waals surface area contributed by atoms with Crippen LogP contribution in [0.4, 0.5) is 0 Å². The van der Waals surface area contributed by atoms with Crippen LogP contribution < -0.4 is 5.32 Å². The van der Waals surface area contributed by atoms with Crippen LogP contribution in [-0.2, 0) is 0 Å². The molecule has 1 unspecified atom stereocenters. The van der Waals surface area contributed by atoms with Crippen LogP contribution in [0.5, 0.6) is 0 Å². The number of rotatable bonds is 3. The molecule has 0 bridgehead atoms. The van der Waals surface area contributed by atoms with Gasteiger partial charge in [0.2, 0.25) is 0 Å². The van der Waals surface area contributed by atoms with Crippen LogP contribution in [0.1, 0.15) is 30.7 Å². The Balaban J connectivity index is 1.57. The molecule has 3 heteroatoms. The van der Waals surface area contributed by atoms with Crippen LogP contribution in [0.25, 0.3) is 0 Å². The SMILES string of the molecule is CN=C(NCC1CC1)N1CCC(c2ccccc2)C1. The van der Waals surface area contributed by atoms with Crippen LogP contribution >= 0.6 is 0 Å². The van der Waals surface area contributed by atoms with Gasteiger partial charge in [0.05, 0.1) is 0 Å². The molecule has 3 nitrogen and oxygen atoms in total. The van der Waals surface area contributed by atoms with Gasteiger partial charge in [-0.3, -0.25) is 4.99 Å². The summed E-state index contributed by atoms with van der Waals surface area (Å²) in [5.41, 5.74) is 1.46. The van der Waals surface area contributed by atoms with Gasteiger partial charge >= 0.3 is 0 Å². The minimum atomic E-state index is 0.653. The van der Waals surface area contributed by atoms with Gasteiger partial charge in [0, 0.05) is 32.6 Å². The fraction of sp³-hybridized carbons (Fsp3) is 0.562. The second-order valence-electron chi connectivity index (χ2n) is 5.71. The van der Waals surface area contributed by atoms with Gasteiger partial charge in [-0.1, -0.05) is 30.3 Å². The van der Waals surface area contributed by atoms with Gasteiger partial charge in [-0.05, 0) is 30.7 Å². The third-order valence-corrected chi connectivity index (χ3v) is 4.22. The van der Waals surface area contributed by atoms with Crippen LogP contribution in [-0.4, -0.2) is 37.5 Å². The molecule has 1 aliphatic heterocycles. The Labute approximate surface area is 115 Å². The van der Waals surface area contributed by atoms with Gasteiger partial charge in [0.25, 0.3) is 0 Å². The number of nitrogens with zero attached hydrogens (tertiary/aromatic N) is 2. The molecule has 1 atom stereocenters. The average molecular weight is 257 g/mol. The number of likely N-dealkylation sites (tertiary alicyclic amines) is 1. The van der Waals surface area contributed by atoms with Gasteiger partial charge in [0.15, 0.2) is 5.96 Å². The molecule has 2 fully saturated rings. The highest BCUT2D eigenvalue weighted by Crippen LogP contribution is 2.29. The van der Waals surface area contributed by atoms with Crippen molar-refractivity contribution in [1.82, 2.24) is 10.2 Å². The van der Waals surface area contributed by atoms with E-state index >= 15 is 0 Å². The Morgan fingerprint density at radius 3 is 2.74 bits per heavy atom. The zero-order valence-corrected chi connectivity index (χ0v) is 11.7. The number of aliphatic imine (C=N–C) groups is 1. The van der Waals surface area contributed by atoms with E-state index in [2.05, 4.69) is 45.5 Å². The lowest BCUT2D eigenvalue weighted by atomic mass is 9.99. The largest absolute Gasteiger partial charge is 0.356 e. The molecular formula is C16H23N3. The molecule has 0 spiro atoms. The van der Waals surface area contributed by atoms with Gasteiger partial charge < -0.3 is 10.2 Å². The standard InChI is InChI=1S/C16H23N3/c1-17-16(18-11-13-7-8-13)19-10-9-15(12-19)14-5-3-2-4-6-14/h2-6,13,15H,7-12H2,1H3,(H,17,18). The summed E-state index contributed by atoms with van der Waals surface area (Å²) < 4.78 is 0. The maximum Gasteiger partial charge on any atom is 0.193 e. The summed E-state index contributed by atoms with van der Waals surface area (Å²) in [6.07, 6.45) is 4.00. The van der Waals surface area contributed by atoms with E-state index in [0.717, 1.165) is 31.5 Å². The maximum absolute atomic E-state index is 4.43. The molecule has 19 heavy (non-hydrogen) atoms. The number of nitrogens with one attached hydrogen (secondary N) is 1. The van der Waals surface area contributed by atoms with Crippen molar-refractivity contribution in [2.75, 3.05) is 26.7 Å². The summed E-state index contributed by atoms with van der Waals surface area (Å²) >= 11 is 0. The van der Waals surface area contributed by atoms with Crippen LogP contribution in [0.15, 0.2) is 35.3 Å². The van der Waals surface area contributed by atoms with E-state index in [1.54, 1.807) is 0 Å². The van der Waals surface area contributed by atoms with Crippen LogP contribution in [0.3, 0.4) is 0 Å². The Hall–Kier alpha value is -1.51. The molecule has 1 aromatic rings. The van der Waals surface area contributed by atoms with Crippen molar-refractivity contribution in [3.63, 3.8) is 0 Å². The summed E-state index contributed by atoms with van der Waals surface area (Å²) in [6, 6.07) is 10.9. The predicted molar refractivity (Wildman–Crippen MR) is 79.5 cm³/mol. The van der Waals surface area contributed by atoms with E-state index in [0.29, 0.717) is 5.92 Å². The van der Waals surface area contributed by atoms with Crippen molar-refractivity contribution in [3.05, 3.63) is 35.9 Å². The first-order chi connectivity index (χ1) is 9.36. The lowest BCUT2D eigenvalue weighted by Gasteiger charge is -2.21. The van der Waals surface area contributed by atoms with Crippen molar-refractivity contribution < 1.29 is 0 Å². The summed E-state index contributed by atoms with van der Waals surface area (Å²) in [5.74, 6) is 2.63. The second kappa shape index (κ2) is 5.64. The summed E-state index contributed by atoms with van der Waals surface area (Å²) in [5, 5.41) is 3.52. The smallest absolute Gasteiger partial charge is 0.193 e. The first-order valence-electron chi connectivity index (χ1n) is 7.37. The first-order valence-corrected chi connectivity index (χ1v) is 7.37. The van der Waals surface area contributed by atoms with E-state index in [9.17, 15) is 0 Å². The lowest BCUT2D eigenvalue weighted by molar-refractivity contribution is 0.483. The minimum Gasteiger partial charge on any atom is -0.356 e. The monoisotopic (exact) mass is 257 g/mol. The third kappa shape index (κ3) is 3.09. The van der Waals surface area contributed by atoms with Gasteiger partial charge in [-0.15, -0.1) is 0 Å². The molecule has 0 amide bonds. The second-order valence-corrected chi connectivity index (χ2v) is 5.71. The fourth-order valence-corrected chi connectivity index (χ4v) is 2.84. The average Bonchev–Trinajstić information content (AvgIpc) is 3.16. The van der Waals surface area contributed by atoms with Crippen LogP contribution in [0.2, 0.25) is 0 Å². The molecule has 1 saturated carbocycles. The Morgan fingerprint density at radius 1 is 1.26 bits per heavy atom. The molecule has 0 aromatic heterocycles. The van der Waals surface area contributed by atoms with Gasteiger partial charge in [-0.2, -0.15) is 0 Å². The van der Waals surface area contributed by atoms with Gasteiger partial charge in [-0.25, -0.2) is 0 Å². The normalized spacial score (nSPS) is 23.7. The van der Waals surface area contributed by atoms with E-state index in [1.807, 2.05) is 7.05 Å². The number of hydrogen-bond acceptors (Lipinski definition) is 1. The molecule has 0 radical (unpaired) electrons. The van der Waals surface area contributed by atoms with E-state index in [-0.39, 0.29) is 0 Å². The molecule has 1 saturated heterocycles. The molecule has 102 valence electrons. The third-order valence-electron chi connectivity index (χ3n) is 4.22. The van der Waals surface area contributed by atoms with Gasteiger partial charge in [0.1, 0.15) is 0 Å². The number of benzene rings is 1. The highest BCUT2D eigenvalue weighted by molar-refractivity contribution is 5.80. The van der Waals surface area contributed by atoms with E-state index in [1.165, 1.54) is 24.8 Å².